The average Bonchev–Trinajstić information content (AvgIpc) is 3.30. The summed E-state index contributed by atoms with van der Waals surface area (Å²) < 4.78 is 3.36. The number of nitrogens with zero attached hydrogens (tertiary/aromatic N) is 3. The summed E-state index contributed by atoms with van der Waals surface area (Å²) >= 11 is 3.42. The van der Waals surface area contributed by atoms with Crippen molar-refractivity contribution in [2.24, 2.45) is 0 Å². The van der Waals surface area contributed by atoms with Crippen LogP contribution in [0.4, 0.5) is 0 Å². The lowest BCUT2D eigenvalue weighted by Crippen LogP contribution is -1.97. The molecule has 4 rings (SSSR count). The summed E-state index contributed by atoms with van der Waals surface area (Å²) in [6.45, 7) is 2.14. The highest BCUT2D eigenvalue weighted by atomic mass is 32.2. The van der Waals surface area contributed by atoms with Gasteiger partial charge in [0, 0.05) is 23.7 Å². The van der Waals surface area contributed by atoms with Gasteiger partial charge in [0.1, 0.15) is 10.7 Å². The van der Waals surface area contributed by atoms with Crippen molar-refractivity contribution in [2.75, 3.05) is 5.75 Å². The highest BCUT2D eigenvalue weighted by Crippen LogP contribution is 2.33. The predicted molar refractivity (Wildman–Crippen MR) is 121 cm³/mol. The van der Waals surface area contributed by atoms with Crippen molar-refractivity contribution < 1.29 is 9.90 Å². The molecule has 1 N–H and O–H groups in total. The van der Waals surface area contributed by atoms with Gasteiger partial charge >= 0.3 is 5.97 Å². The third-order valence-electron chi connectivity index (χ3n) is 5.08. The molecular weight excluding hydrogens is 414 g/mol. The second-order valence-electron chi connectivity index (χ2n) is 7.20. The van der Waals surface area contributed by atoms with Crippen LogP contribution < -0.4 is 0 Å². The third-order valence-corrected chi connectivity index (χ3v) is 7.17. The molecule has 0 amide bonds. The van der Waals surface area contributed by atoms with Crippen LogP contribution in [-0.4, -0.2) is 26.2 Å². The number of thiophene rings is 1. The molecule has 152 valence electrons. The maximum atomic E-state index is 10.7. The number of aromatic nitrogens is 2. The number of benzene rings is 1. The fraction of sp³-hybridized carbons (Fsp3) is 0.261. The minimum atomic E-state index is -0.753. The monoisotopic (exact) mass is 435 g/mol. The van der Waals surface area contributed by atoms with Crippen molar-refractivity contribution in [2.45, 2.75) is 37.6 Å². The molecule has 0 fully saturated rings. The Kier molecular flexibility index (Phi) is 6.07. The van der Waals surface area contributed by atoms with Gasteiger partial charge in [0.25, 0.3) is 0 Å². The Bertz CT molecular complexity index is 1270. The Morgan fingerprint density at radius 3 is 3.00 bits per heavy atom. The lowest BCUT2D eigenvalue weighted by atomic mass is 10.0. The van der Waals surface area contributed by atoms with Gasteiger partial charge in [-0.15, -0.1) is 23.1 Å². The first-order valence-electron chi connectivity index (χ1n) is 9.78. The van der Waals surface area contributed by atoms with E-state index in [0.29, 0.717) is 12.0 Å². The van der Waals surface area contributed by atoms with Gasteiger partial charge in [-0.05, 0) is 65.6 Å². The van der Waals surface area contributed by atoms with Gasteiger partial charge < -0.3 is 9.51 Å². The van der Waals surface area contributed by atoms with Crippen molar-refractivity contribution in [1.82, 2.24) is 9.38 Å². The van der Waals surface area contributed by atoms with Crippen LogP contribution in [0.15, 0.2) is 46.9 Å². The van der Waals surface area contributed by atoms with E-state index >= 15 is 0 Å². The Labute approximate surface area is 183 Å². The summed E-state index contributed by atoms with van der Waals surface area (Å²) in [5.74, 6) is 0.0655. The number of carboxylic acids is 1. The average molecular weight is 436 g/mol. The summed E-state index contributed by atoms with van der Waals surface area (Å²) in [5.41, 5.74) is 5.03. The molecule has 0 aliphatic rings. The fourth-order valence-electron chi connectivity index (χ4n) is 3.62. The molecule has 1 aromatic carbocycles. The zero-order chi connectivity index (χ0) is 21.1. The zero-order valence-electron chi connectivity index (χ0n) is 16.6. The molecule has 0 unspecified atom stereocenters. The van der Waals surface area contributed by atoms with E-state index in [1.165, 1.54) is 21.2 Å². The number of aryl methyl sites for hydroxylation is 1. The summed E-state index contributed by atoms with van der Waals surface area (Å²) in [6, 6.07) is 12.2. The van der Waals surface area contributed by atoms with Crippen molar-refractivity contribution in [3.05, 3.63) is 64.3 Å². The molecule has 3 heterocycles. The van der Waals surface area contributed by atoms with E-state index < -0.39 is 5.97 Å². The largest absolute Gasteiger partial charge is 0.481 e. The van der Waals surface area contributed by atoms with E-state index in [0.717, 1.165) is 35.0 Å². The van der Waals surface area contributed by atoms with Crippen LogP contribution in [0.1, 0.15) is 41.6 Å². The van der Waals surface area contributed by atoms with Crippen molar-refractivity contribution in [3.63, 3.8) is 0 Å². The van der Waals surface area contributed by atoms with E-state index in [-0.39, 0.29) is 6.42 Å². The number of imidazole rings is 1. The number of hydrogen-bond acceptors (Lipinski definition) is 5. The molecule has 0 aliphatic carbocycles. The maximum Gasteiger partial charge on any atom is 0.303 e. The normalized spacial score (nSPS) is 11.2. The topological polar surface area (TPSA) is 78.4 Å². The molecule has 3 aromatic heterocycles. The number of thioether (sulfide) groups is 1. The SMILES string of the molecule is Cc1cccc2scc(Cc3c(SCCCCC(=O)O)nc4cc(C#N)ccn34)c12. The van der Waals surface area contributed by atoms with Crippen LogP contribution in [0.3, 0.4) is 0 Å². The second kappa shape index (κ2) is 8.90. The van der Waals surface area contributed by atoms with E-state index in [4.69, 9.17) is 10.1 Å². The number of fused-ring (bicyclic) bond motifs is 2. The highest BCUT2D eigenvalue weighted by Gasteiger charge is 2.16. The maximum absolute atomic E-state index is 10.7. The number of carbonyl (C=O) groups is 1. The third kappa shape index (κ3) is 4.20. The number of unbranched alkanes of at least 4 members (excludes halogenated alkanes) is 1. The van der Waals surface area contributed by atoms with Gasteiger partial charge in [-0.1, -0.05) is 12.1 Å². The molecule has 5 nitrogen and oxygen atoms in total. The van der Waals surface area contributed by atoms with E-state index in [1.54, 1.807) is 23.1 Å². The molecule has 7 heteroatoms. The van der Waals surface area contributed by atoms with Gasteiger partial charge in [-0.3, -0.25) is 4.79 Å². The summed E-state index contributed by atoms with van der Waals surface area (Å²) in [4.78, 5) is 15.5. The Morgan fingerprint density at radius 2 is 2.20 bits per heavy atom. The minimum Gasteiger partial charge on any atom is -0.481 e. The Balaban J connectivity index is 1.67. The Morgan fingerprint density at radius 1 is 1.33 bits per heavy atom. The first-order chi connectivity index (χ1) is 14.6. The standard InChI is InChI=1S/C23H21N3O2S2/c1-15-5-4-6-19-22(15)17(14-30-19)12-18-23(29-10-3-2-7-21(27)28)25-20-11-16(13-24)8-9-26(18)20/h4-6,8-9,11,14H,2-3,7,10,12H2,1H3,(H,27,28). The number of aliphatic carboxylic acids is 1. The molecule has 0 spiro atoms. The lowest BCUT2D eigenvalue weighted by molar-refractivity contribution is -0.137. The van der Waals surface area contributed by atoms with Crippen LogP contribution in [0.25, 0.3) is 15.7 Å². The molecule has 0 saturated carbocycles. The van der Waals surface area contributed by atoms with Crippen molar-refractivity contribution >= 4 is 44.8 Å². The number of carboxylic acid groups (broad SMARTS) is 1. The summed E-state index contributed by atoms with van der Waals surface area (Å²) in [6.07, 6.45) is 4.37. The Hall–Kier alpha value is -2.82. The molecule has 0 bridgehead atoms. The first kappa shape index (κ1) is 20.5. The van der Waals surface area contributed by atoms with Crippen LogP contribution in [0, 0.1) is 18.3 Å². The highest BCUT2D eigenvalue weighted by molar-refractivity contribution is 7.99. The van der Waals surface area contributed by atoms with Gasteiger partial charge in [-0.25, -0.2) is 4.98 Å². The summed E-state index contributed by atoms with van der Waals surface area (Å²) in [7, 11) is 0. The van der Waals surface area contributed by atoms with Gasteiger partial charge in [0.05, 0.1) is 17.3 Å². The van der Waals surface area contributed by atoms with Crippen molar-refractivity contribution in [3.8, 4) is 6.07 Å². The van der Waals surface area contributed by atoms with E-state index in [1.807, 2.05) is 18.3 Å². The molecule has 0 aliphatic heterocycles. The van der Waals surface area contributed by atoms with E-state index in [2.05, 4.69) is 41.0 Å². The van der Waals surface area contributed by atoms with Crippen molar-refractivity contribution in [1.29, 1.82) is 5.26 Å². The van der Waals surface area contributed by atoms with Crippen LogP contribution >= 0.6 is 23.1 Å². The number of nitriles is 1. The van der Waals surface area contributed by atoms with Gasteiger partial charge in [0.2, 0.25) is 0 Å². The van der Waals surface area contributed by atoms with Gasteiger partial charge in [-0.2, -0.15) is 5.26 Å². The number of hydrogen-bond donors (Lipinski definition) is 1. The molecule has 0 saturated heterocycles. The van der Waals surface area contributed by atoms with Gasteiger partial charge in [0.15, 0.2) is 0 Å². The van der Waals surface area contributed by atoms with Crippen LogP contribution in [0.2, 0.25) is 0 Å². The molecule has 0 radical (unpaired) electrons. The zero-order valence-corrected chi connectivity index (χ0v) is 18.2. The number of pyridine rings is 1. The lowest BCUT2D eigenvalue weighted by Gasteiger charge is -2.06. The second-order valence-corrected chi connectivity index (χ2v) is 9.20. The number of rotatable bonds is 8. The quantitative estimate of drug-likeness (QED) is 0.285. The smallest absolute Gasteiger partial charge is 0.303 e. The molecule has 4 aromatic rings. The fourth-order valence-corrected chi connectivity index (χ4v) is 5.70. The molecule has 30 heavy (non-hydrogen) atoms. The predicted octanol–water partition coefficient (Wildman–Crippen LogP) is 5.67. The first-order valence-corrected chi connectivity index (χ1v) is 11.6. The minimum absolute atomic E-state index is 0.199. The molecule has 0 atom stereocenters. The van der Waals surface area contributed by atoms with Crippen LogP contribution in [-0.2, 0) is 11.2 Å². The van der Waals surface area contributed by atoms with Crippen LogP contribution in [0.5, 0.6) is 0 Å². The molecular formula is C23H21N3O2S2. The van der Waals surface area contributed by atoms with E-state index in [9.17, 15) is 10.1 Å². The summed E-state index contributed by atoms with van der Waals surface area (Å²) in [5, 5.41) is 22.5.